The standard InChI is InChI=1S/C18H20FNO2/c1-18(2,14-6-8-15(19)9-7-14)20-17(21)12-13-4-10-16(22-3)11-5-13/h4-11H,12H2,1-3H3,(H,20,21). The summed E-state index contributed by atoms with van der Waals surface area (Å²) in [7, 11) is 1.60. The van der Waals surface area contributed by atoms with Gasteiger partial charge >= 0.3 is 0 Å². The molecule has 0 heterocycles. The Morgan fingerprint density at radius 2 is 1.68 bits per heavy atom. The molecule has 0 aromatic heterocycles. The maximum absolute atomic E-state index is 13.0. The van der Waals surface area contributed by atoms with Gasteiger partial charge in [-0.2, -0.15) is 0 Å². The summed E-state index contributed by atoms with van der Waals surface area (Å²) in [6.45, 7) is 3.79. The maximum Gasteiger partial charge on any atom is 0.225 e. The lowest BCUT2D eigenvalue weighted by Crippen LogP contribution is -2.41. The number of amides is 1. The van der Waals surface area contributed by atoms with Crippen molar-refractivity contribution in [1.29, 1.82) is 0 Å². The van der Waals surface area contributed by atoms with Crippen molar-refractivity contribution < 1.29 is 13.9 Å². The van der Waals surface area contributed by atoms with E-state index in [0.29, 0.717) is 0 Å². The highest BCUT2D eigenvalue weighted by Gasteiger charge is 2.22. The van der Waals surface area contributed by atoms with Gasteiger partial charge in [-0.3, -0.25) is 4.79 Å². The number of carbonyl (C=O) groups excluding carboxylic acids is 1. The minimum absolute atomic E-state index is 0.0838. The van der Waals surface area contributed by atoms with Crippen LogP contribution in [0.4, 0.5) is 4.39 Å². The zero-order valence-electron chi connectivity index (χ0n) is 13.0. The zero-order chi connectivity index (χ0) is 16.2. The van der Waals surface area contributed by atoms with Crippen LogP contribution in [0.15, 0.2) is 48.5 Å². The van der Waals surface area contributed by atoms with Gasteiger partial charge in [-0.15, -0.1) is 0 Å². The molecule has 2 aromatic rings. The summed E-state index contributed by atoms with van der Waals surface area (Å²) >= 11 is 0. The monoisotopic (exact) mass is 301 g/mol. The second-order valence-corrected chi connectivity index (χ2v) is 5.70. The highest BCUT2D eigenvalue weighted by atomic mass is 19.1. The summed E-state index contributed by atoms with van der Waals surface area (Å²) in [5.74, 6) is 0.388. The lowest BCUT2D eigenvalue weighted by atomic mass is 9.94. The molecule has 0 unspecified atom stereocenters. The van der Waals surface area contributed by atoms with E-state index in [2.05, 4.69) is 5.32 Å². The number of carbonyl (C=O) groups is 1. The van der Waals surface area contributed by atoms with Gasteiger partial charge in [0.2, 0.25) is 5.91 Å². The van der Waals surface area contributed by atoms with Crippen LogP contribution in [0.1, 0.15) is 25.0 Å². The number of halogens is 1. The van der Waals surface area contributed by atoms with E-state index in [1.165, 1.54) is 12.1 Å². The molecule has 0 atom stereocenters. The Morgan fingerprint density at radius 1 is 1.09 bits per heavy atom. The van der Waals surface area contributed by atoms with Gasteiger partial charge in [-0.1, -0.05) is 24.3 Å². The first-order valence-corrected chi connectivity index (χ1v) is 7.11. The zero-order valence-corrected chi connectivity index (χ0v) is 13.0. The molecule has 0 bridgehead atoms. The summed E-state index contributed by atoms with van der Waals surface area (Å²) < 4.78 is 18.1. The molecule has 22 heavy (non-hydrogen) atoms. The van der Waals surface area contributed by atoms with Crippen molar-refractivity contribution in [2.45, 2.75) is 25.8 Å². The second-order valence-electron chi connectivity index (χ2n) is 5.70. The first-order chi connectivity index (χ1) is 10.4. The Morgan fingerprint density at radius 3 is 2.23 bits per heavy atom. The number of rotatable bonds is 5. The fourth-order valence-corrected chi connectivity index (χ4v) is 2.26. The Balaban J connectivity index is 2.02. The molecule has 1 amide bonds. The SMILES string of the molecule is COc1ccc(CC(=O)NC(C)(C)c2ccc(F)cc2)cc1. The Labute approximate surface area is 130 Å². The van der Waals surface area contributed by atoms with Crippen LogP contribution in [0.25, 0.3) is 0 Å². The molecular formula is C18H20FNO2. The molecule has 0 spiro atoms. The van der Waals surface area contributed by atoms with Gasteiger partial charge in [-0.05, 0) is 49.2 Å². The molecule has 116 valence electrons. The van der Waals surface area contributed by atoms with Gasteiger partial charge in [0.25, 0.3) is 0 Å². The van der Waals surface area contributed by atoms with Crippen molar-refractivity contribution in [2.75, 3.05) is 7.11 Å². The van der Waals surface area contributed by atoms with E-state index in [-0.39, 0.29) is 18.1 Å². The first-order valence-electron chi connectivity index (χ1n) is 7.11. The minimum Gasteiger partial charge on any atom is -0.497 e. The van der Waals surface area contributed by atoms with Crippen LogP contribution in [0, 0.1) is 5.82 Å². The highest BCUT2D eigenvalue weighted by Crippen LogP contribution is 2.20. The van der Waals surface area contributed by atoms with E-state index in [0.717, 1.165) is 16.9 Å². The molecule has 0 aliphatic rings. The Hall–Kier alpha value is -2.36. The second kappa shape index (κ2) is 6.60. The third kappa shape index (κ3) is 4.07. The minimum atomic E-state index is -0.558. The van der Waals surface area contributed by atoms with E-state index in [4.69, 9.17) is 4.74 Å². The molecule has 4 heteroatoms. The summed E-state index contributed by atoms with van der Waals surface area (Å²) in [6, 6.07) is 13.5. The fraction of sp³-hybridized carbons (Fsp3) is 0.278. The lowest BCUT2D eigenvalue weighted by molar-refractivity contribution is -0.122. The molecule has 0 saturated carbocycles. The normalized spacial score (nSPS) is 11.1. The van der Waals surface area contributed by atoms with Crippen LogP contribution in [-0.2, 0) is 16.8 Å². The van der Waals surface area contributed by atoms with Crippen LogP contribution in [0.3, 0.4) is 0 Å². The van der Waals surface area contributed by atoms with Crippen molar-refractivity contribution in [1.82, 2.24) is 5.32 Å². The lowest BCUT2D eigenvalue weighted by Gasteiger charge is -2.27. The molecule has 1 N–H and O–H groups in total. The number of benzene rings is 2. The predicted octanol–water partition coefficient (Wildman–Crippen LogP) is 3.43. The van der Waals surface area contributed by atoms with Gasteiger partial charge in [0, 0.05) is 0 Å². The van der Waals surface area contributed by atoms with Crippen LogP contribution in [-0.4, -0.2) is 13.0 Å². The molecular weight excluding hydrogens is 281 g/mol. The number of nitrogens with one attached hydrogen (secondary N) is 1. The molecule has 0 aliphatic heterocycles. The number of methoxy groups -OCH3 is 1. The third-order valence-corrected chi connectivity index (χ3v) is 3.54. The van der Waals surface area contributed by atoms with Crippen LogP contribution >= 0.6 is 0 Å². The summed E-state index contributed by atoms with van der Waals surface area (Å²) in [5, 5.41) is 2.98. The van der Waals surface area contributed by atoms with Gasteiger partial charge < -0.3 is 10.1 Å². The molecule has 0 saturated heterocycles. The van der Waals surface area contributed by atoms with Crippen molar-refractivity contribution in [3.05, 3.63) is 65.5 Å². The van der Waals surface area contributed by atoms with Crippen LogP contribution < -0.4 is 10.1 Å². The van der Waals surface area contributed by atoms with Crippen molar-refractivity contribution in [3.63, 3.8) is 0 Å². The number of hydrogen-bond donors (Lipinski definition) is 1. The van der Waals surface area contributed by atoms with Gasteiger partial charge in [0.05, 0.1) is 19.1 Å². The predicted molar refractivity (Wildman–Crippen MR) is 84.3 cm³/mol. The van der Waals surface area contributed by atoms with E-state index in [9.17, 15) is 9.18 Å². The van der Waals surface area contributed by atoms with Crippen molar-refractivity contribution in [2.24, 2.45) is 0 Å². The quantitative estimate of drug-likeness (QED) is 0.919. The summed E-state index contributed by atoms with van der Waals surface area (Å²) in [5.41, 5.74) is 1.21. The topological polar surface area (TPSA) is 38.3 Å². The van der Waals surface area contributed by atoms with Crippen molar-refractivity contribution in [3.8, 4) is 5.75 Å². The number of hydrogen-bond acceptors (Lipinski definition) is 2. The van der Waals surface area contributed by atoms with E-state index >= 15 is 0 Å². The molecule has 0 fully saturated rings. The van der Waals surface area contributed by atoms with Gasteiger partial charge in [-0.25, -0.2) is 4.39 Å². The van der Waals surface area contributed by atoms with E-state index < -0.39 is 5.54 Å². The Bertz CT molecular complexity index is 633. The molecule has 3 nitrogen and oxygen atoms in total. The van der Waals surface area contributed by atoms with Crippen molar-refractivity contribution >= 4 is 5.91 Å². The molecule has 0 aliphatic carbocycles. The summed E-state index contributed by atoms with van der Waals surface area (Å²) in [4.78, 5) is 12.2. The highest BCUT2D eigenvalue weighted by molar-refractivity contribution is 5.79. The van der Waals surface area contributed by atoms with E-state index in [1.807, 2.05) is 38.1 Å². The van der Waals surface area contributed by atoms with Crippen LogP contribution in [0.2, 0.25) is 0 Å². The molecule has 0 radical (unpaired) electrons. The average Bonchev–Trinajstić information content (AvgIpc) is 2.48. The smallest absolute Gasteiger partial charge is 0.225 e. The largest absolute Gasteiger partial charge is 0.497 e. The van der Waals surface area contributed by atoms with E-state index in [1.54, 1.807) is 19.2 Å². The molecule has 2 aromatic carbocycles. The average molecular weight is 301 g/mol. The number of ether oxygens (including phenoxy) is 1. The van der Waals surface area contributed by atoms with Gasteiger partial charge in [0.1, 0.15) is 11.6 Å². The maximum atomic E-state index is 13.0. The van der Waals surface area contributed by atoms with Crippen LogP contribution in [0.5, 0.6) is 5.75 Å². The summed E-state index contributed by atoms with van der Waals surface area (Å²) in [6.07, 6.45) is 0.286. The van der Waals surface area contributed by atoms with Gasteiger partial charge in [0.15, 0.2) is 0 Å². The molecule has 2 rings (SSSR count). The Kier molecular flexibility index (Phi) is 4.81. The fourth-order valence-electron chi connectivity index (χ4n) is 2.26. The third-order valence-electron chi connectivity index (χ3n) is 3.54. The first kappa shape index (κ1) is 16.0.